The molecule has 0 saturated carbocycles. The lowest BCUT2D eigenvalue weighted by Crippen LogP contribution is -2.49. The lowest BCUT2D eigenvalue weighted by molar-refractivity contribution is -0.152. The third-order valence-electron chi connectivity index (χ3n) is 4.92. The largest absolute Gasteiger partial charge is 0.455 e. The van der Waals surface area contributed by atoms with Crippen molar-refractivity contribution < 1.29 is 23.9 Å². The molecular weight excluding hydrogens is 386 g/mol. The minimum atomic E-state index is -0.728. The van der Waals surface area contributed by atoms with Crippen molar-refractivity contribution in [2.24, 2.45) is 5.92 Å². The van der Waals surface area contributed by atoms with Crippen LogP contribution in [0.4, 0.5) is 10.5 Å². The van der Waals surface area contributed by atoms with E-state index in [1.54, 1.807) is 25.7 Å². The van der Waals surface area contributed by atoms with Gasteiger partial charge in [0.1, 0.15) is 0 Å². The molecule has 1 aromatic rings. The summed E-state index contributed by atoms with van der Waals surface area (Å²) in [6.07, 6.45) is 0.961. The van der Waals surface area contributed by atoms with Gasteiger partial charge in [0.25, 0.3) is 5.91 Å². The maximum atomic E-state index is 12.6. The summed E-state index contributed by atoms with van der Waals surface area (Å²) < 4.78 is 5.04. The molecule has 4 amide bonds. The van der Waals surface area contributed by atoms with Crippen molar-refractivity contribution in [3.05, 3.63) is 29.8 Å². The number of esters is 1. The van der Waals surface area contributed by atoms with E-state index in [-0.39, 0.29) is 24.8 Å². The highest BCUT2D eigenvalue weighted by atomic mass is 16.5. The average Bonchev–Trinajstić information content (AvgIpc) is 3.05. The Balaban J connectivity index is 1.93. The van der Waals surface area contributed by atoms with E-state index in [9.17, 15) is 19.2 Å². The number of ether oxygens (including phenoxy) is 1. The Bertz CT molecular complexity index is 815. The first-order chi connectivity index (χ1) is 14.0. The highest BCUT2D eigenvalue weighted by molar-refractivity contribution is 6.00. The zero-order chi connectivity index (χ0) is 22.5. The molecule has 0 bridgehead atoms. The van der Waals surface area contributed by atoms with Crippen molar-refractivity contribution in [2.45, 2.75) is 58.9 Å². The number of carbonyl (C=O) groups is 4. The molecule has 0 spiro atoms. The van der Waals surface area contributed by atoms with Crippen LogP contribution in [-0.4, -0.2) is 42.5 Å². The Morgan fingerprint density at radius 3 is 2.53 bits per heavy atom. The Morgan fingerprint density at radius 1 is 1.23 bits per heavy atom. The monoisotopic (exact) mass is 417 g/mol. The van der Waals surface area contributed by atoms with Crippen LogP contribution in [0.3, 0.4) is 0 Å². The second kappa shape index (κ2) is 9.73. The molecular formula is C22H31N3O5. The van der Waals surface area contributed by atoms with E-state index in [2.05, 4.69) is 24.5 Å². The number of amides is 4. The predicted octanol–water partition coefficient (Wildman–Crippen LogP) is 2.72. The first-order valence-corrected chi connectivity index (χ1v) is 10.2. The fourth-order valence-electron chi connectivity index (χ4n) is 3.26. The van der Waals surface area contributed by atoms with E-state index >= 15 is 0 Å². The Hall–Kier alpha value is -2.90. The fraction of sp³-hybridized carbons (Fsp3) is 0.545. The number of rotatable bonds is 6. The molecule has 1 saturated heterocycles. The molecule has 1 aliphatic heterocycles. The maximum absolute atomic E-state index is 12.6. The molecule has 8 nitrogen and oxygen atoms in total. The number of imide groups is 1. The number of carbonyl (C=O) groups excluding carboxylic acids is 4. The Morgan fingerprint density at radius 2 is 1.90 bits per heavy atom. The van der Waals surface area contributed by atoms with Crippen LogP contribution in [0.5, 0.6) is 0 Å². The van der Waals surface area contributed by atoms with Crippen LogP contribution >= 0.6 is 0 Å². The quantitative estimate of drug-likeness (QED) is 0.693. The van der Waals surface area contributed by atoms with Crippen LogP contribution < -0.4 is 15.5 Å². The standard InChI is InChI=1S/C22H31N3O5/c1-6-14(2)16-9-7-8-10-17(16)25-12-15(11-19(25)27)20(28)30-13-18(26)23-21(29)24-22(3,4)5/h7-10,14-15H,6,11-13H2,1-5H3,(H2,23,24,26,29)/t14-,15-/m1/s1. The fourth-order valence-corrected chi connectivity index (χ4v) is 3.26. The molecule has 1 heterocycles. The third-order valence-corrected chi connectivity index (χ3v) is 4.92. The van der Waals surface area contributed by atoms with Crippen molar-refractivity contribution in [3.63, 3.8) is 0 Å². The van der Waals surface area contributed by atoms with Crippen molar-refractivity contribution in [1.82, 2.24) is 10.6 Å². The summed E-state index contributed by atoms with van der Waals surface area (Å²) in [6.45, 7) is 9.14. The van der Waals surface area contributed by atoms with Gasteiger partial charge in [0.15, 0.2) is 6.61 Å². The summed E-state index contributed by atoms with van der Waals surface area (Å²) >= 11 is 0. The molecule has 2 atom stereocenters. The van der Waals surface area contributed by atoms with E-state index in [0.717, 1.165) is 17.7 Å². The molecule has 2 N–H and O–H groups in total. The summed E-state index contributed by atoms with van der Waals surface area (Å²) in [5, 5.41) is 4.69. The second-order valence-electron chi connectivity index (χ2n) is 8.63. The molecule has 1 aliphatic rings. The molecule has 1 fully saturated rings. The number of anilines is 1. The summed E-state index contributed by atoms with van der Waals surface area (Å²) in [5.74, 6) is -1.88. The van der Waals surface area contributed by atoms with Crippen LogP contribution in [0.2, 0.25) is 0 Å². The summed E-state index contributed by atoms with van der Waals surface area (Å²) in [4.78, 5) is 50.1. The van der Waals surface area contributed by atoms with Gasteiger partial charge in [-0.15, -0.1) is 0 Å². The van der Waals surface area contributed by atoms with E-state index in [1.807, 2.05) is 24.3 Å². The number of hydrogen-bond acceptors (Lipinski definition) is 5. The second-order valence-corrected chi connectivity index (χ2v) is 8.63. The summed E-state index contributed by atoms with van der Waals surface area (Å²) in [7, 11) is 0. The van der Waals surface area contributed by atoms with Gasteiger partial charge in [0.05, 0.1) is 5.92 Å². The lowest BCUT2D eigenvalue weighted by Gasteiger charge is -2.23. The van der Waals surface area contributed by atoms with Gasteiger partial charge in [-0.2, -0.15) is 0 Å². The van der Waals surface area contributed by atoms with Gasteiger partial charge in [-0.3, -0.25) is 19.7 Å². The van der Waals surface area contributed by atoms with Crippen LogP contribution in [0.1, 0.15) is 58.9 Å². The topological polar surface area (TPSA) is 105 Å². The van der Waals surface area contributed by atoms with E-state index in [1.165, 1.54) is 0 Å². The molecule has 30 heavy (non-hydrogen) atoms. The summed E-state index contributed by atoms with van der Waals surface area (Å²) in [6, 6.07) is 7.02. The molecule has 1 aromatic carbocycles. The SMILES string of the molecule is CC[C@@H](C)c1ccccc1N1C[C@H](C(=O)OCC(=O)NC(=O)NC(C)(C)C)CC1=O. The first-order valence-electron chi connectivity index (χ1n) is 10.2. The van der Waals surface area contributed by atoms with Gasteiger partial charge >= 0.3 is 12.0 Å². The molecule has 2 rings (SSSR count). The van der Waals surface area contributed by atoms with Crippen LogP contribution in [0, 0.1) is 5.92 Å². The lowest BCUT2D eigenvalue weighted by atomic mass is 9.96. The van der Waals surface area contributed by atoms with Crippen molar-refractivity contribution in [3.8, 4) is 0 Å². The highest BCUT2D eigenvalue weighted by Crippen LogP contribution is 2.33. The van der Waals surface area contributed by atoms with E-state index < -0.39 is 36.0 Å². The number of hydrogen-bond donors (Lipinski definition) is 2. The number of nitrogens with zero attached hydrogens (tertiary/aromatic N) is 1. The van der Waals surface area contributed by atoms with Crippen LogP contribution in [0.15, 0.2) is 24.3 Å². The zero-order valence-corrected chi connectivity index (χ0v) is 18.3. The molecule has 0 radical (unpaired) electrons. The number of nitrogens with one attached hydrogen (secondary N) is 2. The normalized spacial score (nSPS) is 17.4. The van der Waals surface area contributed by atoms with E-state index in [4.69, 9.17) is 4.74 Å². The minimum absolute atomic E-state index is 0.0276. The highest BCUT2D eigenvalue weighted by Gasteiger charge is 2.37. The Kier molecular flexibility index (Phi) is 7.59. The zero-order valence-electron chi connectivity index (χ0n) is 18.3. The Labute approximate surface area is 177 Å². The van der Waals surface area contributed by atoms with Crippen molar-refractivity contribution >= 4 is 29.5 Å². The van der Waals surface area contributed by atoms with Crippen molar-refractivity contribution in [2.75, 3.05) is 18.1 Å². The third kappa shape index (κ3) is 6.30. The van der Waals surface area contributed by atoms with Gasteiger partial charge in [-0.1, -0.05) is 32.0 Å². The van der Waals surface area contributed by atoms with Gasteiger partial charge in [0.2, 0.25) is 5.91 Å². The van der Waals surface area contributed by atoms with Gasteiger partial charge in [0, 0.05) is 24.2 Å². The molecule has 164 valence electrons. The minimum Gasteiger partial charge on any atom is -0.455 e. The molecule has 8 heteroatoms. The van der Waals surface area contributed by atoms with Crippen molar-refractivity contribution in [1.29, 1.82) is 0 Å². The maximum Gasteiger partial charge on any atom is 0.321 e. The van der Waals surface area contributed by atoms with Gasteiger partial charge in [-0.25, -0.2) is 4.79 Å². The van der Waals surface area contributed by atoms with E-state index in [0.29, 0.717) is 0 Å². The molecule has 0 aliphatic carbocycles. The number of benzene rings is 1. The van der Waals surface area contributed by atoms with Gasteiger partial charge < -0.3 is 15.0 Å². The molecule has 0 aromatic heterocycles. The number of para-hydroxylation sites is 1. The van der Waals surface area contributed by atoms with Crippen LogP contribution in [-0.2, 0) is 19.1 Å². The predicted molar refractivity (Wildman–Crippen MR) is 113 cm³/mol. The first kappa shape index (κ1) is 23.4. The van der Waals surface area contributed by atoms with Gasteiger partial charge in [-0.05, 0) is 44.7 Å². The average molecular weight is 418 g/mol. The van der Waals surface area contributed by atoms with Crippen LogP contribution in [0.25, 0.3) is 0 Å². The number of urea groups is 1. The molecule has 0 unspecified atom stereocenters. The summed E-state index contributed by atoms with van der Waals surface area (Å²) in [5.41, 5.74) is 1.37. The smallest absolute Gasteiger partial charge is 0.321 e.